The Bertz CT molecular complexity index is 224. The van der Waals surface area contributed by atoms with Crippen LogP contribution in [-0.4, -0.2) is 11.7 Å². The first-order valence-electron chi connectivity index (χ1n) is 3.45. The molecule has 0 aliphatic heterocycles. The molecule has 1 atom stereocenters. The van der Waals surface area contributed by atoms with Gasteiger partial charge in [-0.2, -0.15) is 0 Å². The molecule has 0 amide bonds. The minimum absolute atomic E-state index is 0.110. The third kappa shape index (κ3) is 1.92. The van der Waals surface area contributed by atoms with Crippen molar-refractivity contribution in [3.8, 4) is 0 Å². The Morgan fingerprint density at radius 3 is 2.82 bits per heavy atom. The number of aliphatic hydroxyl groups excluding tert-OH is 1. The van der Waals surface area contributed by atoms with Crippen molar-refractivity contribution in [2.75, 3.05) is 12.3 Å². The average Bonchev–Trinajstić information content (AvgIpc) is 2.36. The van der Waals surface area contributed by atoms with Gasteiger partial charge in [0.1, 0.15) is 0 Å². The summed E-state index contributed by atoms with van der Waals surface area (Å²) < 4.78 is 0. The van der Waals surface area contributed by atoms with Crippen LogP contribution in [-0.2, 0) is 0 Å². The highest BCUT2D eigenvalue weighted by Gasteiger charge is 2.09. The van der Waals surface area contributed by atoms with Gasteiger partial charge in [0.2, 0.25) is 0 Å². The van der Waals surface area contributed by atoms with Crippen LogP contribution in [0.4, 0.5) is 5.69 Å². The summed E-state index contributed by atoms with van der Waals surface area (Å²) in [4.78, 5) is 0.971. The second kappa shape index (κ2) is 3.71. The van der Waals surface area contributed by atoms with Gasteiger partial charge in [-0.25, -0.2) is 0 Å². The SMILES string of the molecule is Nc1ccsc1[C@H](N)CCO. The van der Waals surface area contributed by atoms with E-state index in [0.717, 1.165) is 10.6 Å². The van der Waals surface area contributed by atoms with E-state index in [-0.39, 0.29) is 12.6 Å². The van der Waals surface area contributed by atoms with Crippen molar-refractivity contribution in [2.45, 2.75) is 12.5 Å². The molecule has 0 aliphatic rings. The predicted octanol–water partition coefficient (Wildman–Crippen LogP) is 0.713. The Balaban J connectivity index is 2.67. The van der Waals surface area contributed by atoms with Crippen LogP contribution in [0.25, 0.3) is 0 Å². The lowest BCUT2D eigenvalue weighted by atomic mass is 10.2. The minimum Gasteiger partial charge on any atom is -0.398 e. The summed E-state index contributed by atoms with van der Waals surface area (Å²) in [6.07, 6.45) is 0.574. The van der Waals surface area contributed by atoms with Crippen molar-refractivity contribution in [3.63, 3.8) is 0 Å². The van der Waals surface area contributed by atoms with Crippen LogP contribution in [0, 0.1) is 0 Å². The number of nitrogen functional groups attached to an aromatic ring is 1. The van der Waals surface area contributed by atoms with E-state index in [1.165, 1.54) is 11.3 Å². The fourth-order valence-corrected chi connectivity index (χ4v) is 1.76. The monoisotopic (exact) mass is 172 g/mol. The summed E-state index contributed by atoms with van der Waals surface area (Å²) in [5, 5.41) is 10.5. The first kappa shape index (κ1) is 8.52. The lowest BCUT2D eigenvalue weighted by Crippen LogP contribution is -2.11. The molecule has 1 rings (SSSR count). The van der Waals surface area contributed by atoms with E-state index in [1.54, 1.807) is 0 Å². The molecule has 0 spiro atoms. The van der Waals surface area contributed by atoms with E-state index < -0.39 is 0 Å². The normalized spacial score (nSPS) is 13.3. The molecule has 0 saturated carbocycles. The van der Waals surface area contributed by atoms with Gasteiger partial charge in [0.25, 0.3) is 0 Å². The lowest BCUT2D eigenvalue weighted by molar-refractivity contribution is 0.277. The van der Waals surface area contributed by atoms with Crippen molar-refractivity contribution in [2.24, 2.45) is 5.73 Å². The Kier molecular flexibility index (Phi) is 2.87. The molecule has 0 fully saturated rings. The highest BCUT2D eigenvalue weighted by atomic mass is 32.1. The molecule has 1 aromatic heterocycles. The van der Waals surface area contributed by atoms with Crippen molar-refractivity contribution in [3.05, 3.63) is 16.3 Å². The molecule has 1 heterocycles. The molecular weight excluding hydrogens is 160 g/mol. The standard InChI is InChI=1S/C7H12N2OS/c8-5(1-3-10)7-6(9)2-4-11-7/h2,4-5,10H,1,3,8-9H2/t5-/m1/s1. The molecule has 0 aromatic carbocycles. The van der Waals surface area contributed by atoms with Crippen LogP contribution in [0.1, 0.15) is 17.3 Å². The van der Waals surface area contributed by atoms with Gasteiger partial charge in [0.15, 0.2) is 0 Å². The van der Waals surface area contributed by atoms with E-state index in [9.17, 15) is 0 Å². The molecule has 0 unspecified atom stereocenters. The summed E-state index contributed by atoms with van der Waals surface area (Å²) in [6.45, 7) is 0.110. The Labute approximate surface area is 69.6 Å². The summed E-state index contributed by atoms with van der Waals surface area (Å²) >= 11 is 1.54. The Morgan fingerprint density at radius 1 is 1.64 bits per heavy atom. The van der Waals surface area contributed by atoms with Crippen LogP contribution in [0.3, 0.4) is 0 Å². The number of aliphatic hydroxyl groups is 1. The molecule has 5 N–H and O–H groups in total. The zero-order valence-corrected chi connectivity index (χ0v) is 6.97. The predicted molar refractivity (Wildman–Crippen MR) is 47.4 cm³/mol. The Morgan fingerprint density at radius 2 is 2.36 bits per heavy atom. The van der Waals surface area contributed by atoms with Crippen LogP contribution in [0.5, 0.6) is 0 Å². The summed E-state index contributed by atoms with van der Waals surface area (Å²) in [6, 6.07) is 1.72. The number of anilines is 1. The number of thiophene rings is 1. The first-order valence-corrected chi connectivity index (χ1v) is 4.33. The van der Waals surface area contributed by atoms with E-state index >= 15 is 0 Å². The minimum atomic E-state index is -0.111. The number of nitrogens with two attached hydrogens (primary N) is 2. The highest BCUT2D eigenvalue weighted by molar-refractivity contribution is 7.10. The second-order valence-corrected chi connectivity index (χ2v) is 3.31. The van der Waals surface area contributed by atoms with Crippen molar-refractivity contribution in [1.29, 1.82) is 0 Å². The largest absolute Gasteiger partial charge is 0.398 e. The van der Waals surface area contributed by atoms with Crippen LogP contribution >= 0.6 is 11.3 Å². The number of hydrogen-bond acceptors (Lipinski definition) is 4. The summed E-state index contributed by atoms with van der Waals surface area (Å²) in [5.41, 5.74) is 12.1. The van der Waals surface area contributed by atoms with Gasteiger partial charge in [-0.15, -0.1) is 11.3 Å². The van der Waals surface area contributed by atoms with Gasteiger partial charge in [0, 0.05) is 23.2 Å². The maximum atomic E-state index is 8.61. The zero-order chi connectivity index (χ0) is 8.27. The third-order valence-corrected chi connectivity index (χ3v) is 2.57. The summed E-state index contributed by atoms with van der Waals surface area (Å²) in [7, 11) is 0. The van der Waals surface area contributed by atoms with Gasteiger partial charge < -0.3 is 16.6 Å². The zero-order valence-electron chi connectivity index (χ0n) is 6.16. The molecule has 4 heteroatoms. The van der Waals surface area contributed by atoms with Gasteiger partial charge in [-0.1, -0.05) is 0 Å². The fourth-order valence-electron chi connectivity index (χ4n) is 0.902. The lowest BCUT2D eigenvalue weighted by Gasteiger charge is -2.07. The molecule has 3 nitrogen and oxygen atoms in total. The van der Waals surface area contributed by atoms with E-state index in [0.29, 0.717) is 6.42 Å². The van der Waals surface area contributed by atoms with Crippen LogP contribution < -0.4 is 11.5 Å². The van der Waals surface area contributed by atoms with E-state index in [2.05, 4.69) is 0 Å². The number of rotatable bonds is 3. The maximum absolute atomic E-state index is 8.61. The average molecular weight is 172 g/mol. The van der Waals surface area contributed by atoms with Crippen molar-refractivity contribution in [1.82, 2.24) is 0 Å². The van der Waals surface area contributed by atoms with Crippen molar-refractivity contribution >= 4 is 17.0 Å². The highest BCUT2D eigenvalue weighted by Crippen LogP contribution is 2.26. The quantitative estimate of drug-likeness (QED) is 0.628. The van der Waals surface area contributed by atoms with E-state index in [4.69, 9.17) is 16.6 Å². The van der Waals surface area contributed by atoms with Crippen LogP contribution in [0.2, 0.25) is 0 Å². The smallest absolute Gasteiger partial charge is 0.0471 e. The van der Waals surface area contributed by atoms with Gasteiger partial charge >= 0.3 is 0 Å². The third-order valence-electron chi connectivity index (χ3n) is 1.50. The fraction of sp³-hybridized carbons (Fsp3) is 0.429. The van der Waals surface area contributed by atoms with Gasteiger partial charge in [-0.3, -0.25) is 0 Å². The molecule has 0 radical (unpaired) electrons. The topological polar surface area (TPSA) is 72.3 Å². The van der Waals surface area contributed by atoms with Crippen molar-refractivity contribution < 1.29 is 5.11 Å². The maximum Gasteiger partial charge on any atom is 0.0471 e. The van der Waals surface area contributed by atoms with Gasteiger partial charge in [0.05, 0.1) is 0 Å². The number of hydrogen-bond donors (Lipinski definition) is 3. The summed E-state index contributed by atoms with van der Waals surface area (Å²) in [5.74, 6) is 0. The van der Waals surface area contributed by atoms with E-state index in [1.807, 2.05) is 11.4 Å². The van der Waals surface area contributed by atoms with Gasteiger partial charge in [-0.05, 0) is 17.9 Å². The first-order chi connectivity index (χ1) is 5.25. The molecule has 0 saturated heterocycles. The molecule has 11 heavy (non-hydrogen) atoms. The Hall–Kier alpha value is -0.580. The molecule has 62 valence electrons. The second-order valence-electron chi connectivity index (χ2n) is 2.36. The molecule has 0 bridgehead atoms. The molecular formula is C7H12N2OS. The van der Waals surface area contributed by atoms with Crippen LogP contribution in [0.15, 0.2) is 11.4 Å². The molecule has 1 aromatic rings. The molecule has 0 aliphatic carbocycles.